The molecule has 0 bridgehead atoms. The zero-order valence-corrected chi connectivity index (χ0v) is 20.4. The summed E-state index contributed by atoms with van der Waals surface area (Å²) < 4.78 is 32.9. The number of nitrogens with one attached hydrogen (secondary N) is 1. The van der Waals surface area contributed by atoms with E-state index in [2.05, 4.69) is 20.5 Å². The highest BCUT2D eigenvalue weighted by atomic mass is 19.1. The van der Waals surface area contributed by atoms with Gasteiger partial charge in [-0.2, -0.15) is 0 Å². The molecule has 5 rings (SSSR count). The predicted molar refractivity (Wildman–Crippen MR) is 135 cm³/mol. The summed E-state index contributed by atoms with van der Waals surface area (Å²) in [5.74, 6) is 1.03. The smallest absolute Gasteiger partial charge is 0.254 e. The number of carbonyl (C=O) groups is 1. The lowest BCUT2D eigenvalue weighted by Gasteiger charge is -2.27. The van der Waals surface area contributed by atoms with E-state index in [0.29, 0.717) is 30.2 Å². The second kappa shape index (κ2) is 10.8. The number of aromatic nitrogens is 3. The van der Waals surface area contributed by atoms with Crippen molar-refractivity contribution in [1.82, 2.24) is 19.9 Å². The number of methoxy groups -OCH3 is 2. The fourth-order valence-electron chi connectivity index (χ4n) is 4.24. The minimum Gasteiger partial charge on any atom is -0.497 e. The number of aliphatic imine (C=N–C) groups is 1. The van der Waals surface area contributed by atoms with Crippen molar-refractivity contribution in [2.45, 2.75) is 12.6 Å². The fourth-order valence-corrected chi connectivity index (χ4v) is 4.24. The molecule has 2 atom stereocenters. The maximum absolute atomic E-state index is 14.8. The van der Waals surface area contributed by atoms with Crippen LogP contribution in [-0.4, -0.2) is 60.1 Å². The van der Waals surface area contributed by atoms with Crippen molar-refractivity contribution < 1.29 is 23.4 Å². The number of pyridine rings is 1. The maximum atomic E-state index is 14.8. The van der Waals surface area contributed by atoms with Gasteiger partial charge in [0.2, 0.25) is 0 Å². The molecule has 1 aliphatic carbocycles. The van der Waals surface area contributed by atoms with E-state index in [9.17, 15) is 9.18 Å². The highest BCUT2D eigenvalue weighted by molar-refractivity contribution is 5.95. The van der Waals surface area contributed by atoms with Crippen molar-refractivity contribution in [3.63, 3.8) is 0 Å². The van der Waals surface area contributed by atoms with Crippen LogP contribution in [0.15, 0.2) is 77.3 Å². The Kier molecular flexibility index (Phi) is 7.09. The van der Waals surface area contributed by atoms with Crippen LogP contribution in [0.25, 0.3) is 16.8 Å². The highest BCUT2D eigenvalue weighted by Crippen LogP contribution is 2.30. The zero-order valence-electron chi connectivity index (χ0n) is 20.4. The average molecular weight is 504 g/mol. The first-order valence-corrected chi connectivity index (χ1v) is 11.8. The number of dihydropyridines is 1. The van der Waals surface area contributed by atoms with Crippen LogP contribution in [0.4, 0.5) is 4.39 Å². The van der Waals surface area contributed by atoms with Crippen LogP contribution in [0.2, 0.25) is 0 Å². The lowest BCUT2D eigenvalue weighted by Crippen LogP contribution is -2.27. The molecule has 190 valence electrons. The van der Waals surface area contributed by atoms with Crippen molar-refractivity contribution in [3.8, 4) is 11.1 Å². The van der Waals surface area contributed by atoms with E-state index in [1.54, 1.807) is 25.5 Å². The van der Waals surface area contributed by atoms with E-state index in [4.69, 9.17) is 14.2 Å². The second-order valence-electron chi connectivity index (χ2n) is 8.51. The van der Waals surface area contributed by atoms with Crippen molar-refractivity contribution in [2.24, 2.45) is 10.9 Å². The maximum Gasteiger partial charge on any atom is 0.254 e. The molecule has 3 heterocycles. The van der Waals surface area contributed by atoms with Crippen LogP contribution < -0.4 is 5.32 Å². The van der Waals surface area contributed by atoms with Crippen molar-refractivity contribution >= 4 is 17.8 Å². The number of halogens is 1. The Morgan fingerprint density at radius 2 is 2.03 bits per heavy atom. The van der Waals surface area contributed by atoms with Gasteiger partial charge in [0.05, 0.1) is 31.2 Å². The molecule has 0 spiro atoms. The molecule has 9 nitrogen and oxygen atoms in total. The summed E-state index contributed by atoms with van der Waals surface area (Å²) >= 11 is 0. The van der Waals surface area contributed by atoms with Crippen LogP contribution in [-0.2, 0) is 20.8 Å². The van der Waals surface area contributed by atoms with Gasteiger partial charge in [0.15, 0.2) is 11.5 Å². The first kappa shape index (κ1) is 24.4. The summed E-state index contributed by atoms with van der Waals surface area (Å²) in [6.07, 6.45) is 11.3. The third kappa shape index (κ3) is 5.14. The molecule has 10 heteroatoms. The summed E-state index contributed by atoms with van der Waals surface area (Å²) in [5.41, 5.74) is 1.98. The molecule has 0 saturated carbocycles. The molecule has 2 aromatic heterocycles. The van der Waals surface area contributed by atoms with Gasteiger partial charge in [-0.1, -0.05) is 12.1 Å². The summed E-state index contributed by atoms with van der Waals surface area (Å²) in [4.78, 5) is 16.7. The van der Waals surface area contributed by atoms with Crippen molar-refractivity contribution in [1.29, 1.82) is 0 Å². The van der Waals surface area contributed by atoms with Gasteiger partial charge < -0.3 is 19.5 Å². The molecular formula is C27H26FN5O4. The Bertz CT molecular complexity index is 1440. The van der Waals surface area contributed by atoms with Gasteiger partial charge in [0, 0.05) is 26.1 Å². The van der Waals surface area contributed by atoms with E-state index >= 15 is 0 Å². The third-order valence-corrected chi connectivity index (χ3v) is 6.21. The molecular weight excluding hydrogens is 477 g/mol. The van der Waals surface area contributed by atoms with E-state index in [1.165, 1.54) is 19.2 Å². The number of allylic oxidation sites excluding steroid dienone is 2. The van der Waals surface area contributed by atoms with Crippen LogP contribution in [0.5, 0.6) is 0 Å². The Balaban J connectivity index is 1.32. The third-order valence-electron chi connectivity index (χ3n) is 6.21. The molecule has 0 saturated heterocycles. The number of benzene rings is 1. The average Bonchev–Trinajstić information content (AvgIpc) is 3.33. The summed E-state index contributed by atoms with van der Waals surface area (Å²) in [6, 6.07) is 8.08. The molecule has 1 aliphatic heterocycles. The Hall–Kier alpha value is -4.31. The number of ether oxygens (including phenoxy) is 3. The second-order valence-corrected chi connectivity index (χ2v) is 8.51. The molecule has 2 unspecified atom stereocenters. The van der Waals surface area contributed by atoms with Crippen molar-refractivity contribution in [2.75, 3.05) is 27.4 Å². The monoisotopic (exact) mass is 503 g/mol. The molecule has 1 amide bonds. The van der Waals surface area contributed by atoms with Gasteiger partial charge in [-0.15, -0.1) is 10.2 Å². The number of hydrogen-bond donors (Lipinski definition) is 1. The van der Waals surface area contributed by atoms with E-state index < -0.39 is 11.7 Å². The van der Waals surface area contributed by atoms with Crippen LogP contribution in [0.3, 0.4) is 0 Å². The minimum absolute atomic E-state index is 0.0214. The van der Waals surface area contributed by atoms with Crippen LogP contribution >= 0.6 is 0 Å². The number of hydrogen-bond acceptors (Lipinski definition) is 7. The lowest BCUT2D eigenvalue weighted by atomic mass is 9.91. The Labute approximate surface area is 213 Å². The molecule has 0 fully saturated rings. The standard InChI is InChI=1S/C27H26FN5O4/c1-35-12-11-30-27(34)20-6-3-17(13-22(20)28)18-4-8-25-31-32-26(33(25)15-18)16-37-24-9-10-29-23-14-19(36-2)5-7-21(23)24/h3-10,13-15,21,23H,11-12,16H2,1-2H3,(H,30,34). The first-order chi connectivity index (χ1) is 18.1. The SMILES string of the molecule is COCCNC(=O)c1ccc(-c2ccc3nnc(COC4=CC=NC5C=C(OC)C=CC45)n3c2)cc1F. The first-order valence-electron chi connectivity index (χ1n) is 11.8. The molecule has 0 radical (unpaired) electrons. The van der Waals surface area contributed by atoms with Gasteiger partial charge >= 0.3 is 0 Å². The minimum atomic E-state index is -0.605. The van der Waals surface area contributed by atoms with Crippen LogP contribution in [0.1, 0.15) is 16.2 Å². The summed E-state index contributed by atoms with van der Waals surface area (Å²) in [5, 5.41) is 11.1. The summed E-state index contributed by atoms with van der Waals surface area (Å²) in [7, 11) is 3.16. The molecule has 1 aromatic carbocycles. The quantitative estimate of drug-likeness (QED) is 0.449. The van der Waals surface area contributed by atoms with Gasteiger partial charge in [0.1, 0.15) is 23.9 Å². The van der Waals surface area contributed by atoms with Gasteiger partial charge in [-0.05, 0) is 53.6 Å². The Morgan fingerprint density at radius 1 is 1.16 bits per heavy atom. The van der Waals surface area contributed by atoms with Gasteiger partial charge in [0.25, 0.3) is 5.91 Å². The van der Waals surface area contributed by atoms with Gasteiger partial charge in [-0.3, -0.25) is 14.2 Å². The largest absolute Gasteiger partial charge is 0.497 e. The molecule has 1 N–H and O–H groups in total. The van der Waals surface area contributed by atoms with E-state index in [0.717, 1.165) is 17.1 Å². The van der Waals surface area contributed by atoms with Gasteiger partial charge in [-0.25, -0.2) is 4.39 Å². The topological polar surface area (TPSA) is 99.3 Å². The number of rotatable bonds is 9. The normalized spacial score (nSPS) is 18.2. The summed E-state index contributed by atoms with van der Waals surface area (Å²) in [6.45, 7) is 0.847. The van der Waals surface area contributed by atoms with Crippen molar-refractivity contribution in [3.05, 3.63) is 89.6 Å². The van der Waals surface area contributed by atoms with E-state index in [-0.39, 0.29) is 24.1 Å². The predicted octanol–water partition coefficient (Wildman–Crippen LogP) is 3.48. The number of fused-ring (bicyclic) bond motifs is 2. The highest BCUT2D eigenvalue weighted by Gasteiger charge is 2.27. The molecule has 2 aliphatic rings. The number of carbonyl (C=O) groups excluding carboxylic acids is 1. The van der Waals surface area contributed by atoms with E-state index in [1.807, 2.05) is 41.0 Å². The van der Waals surface area contributed by atoms with Crippen LogP contribution in [0, 0.1) is 11.7 Å². The number of nitrogens with zero attached hydrogens (tertiary/aromatic N) is 4. The number of amides is 1. The lowest BCUT2D eigenvalue weighted by molar-refractivity contribution is 0.0933. The fraction of sp³-hybridized carbons (Fsp3) is 0.259. The molecule has 3 aromatic rings. The molecule has 37 heavy (non-hydrogen) atoms. The zero-order chi connectivity index (χ0) is 25.8. The Morgan fingerprint density at radius 3 is 2.84 bits per heavy atom.